The van der Waals surface area contributed by atoms with Crippen LogP contribution in [0.4, 0.5) is 11.4 Å². The summed E-state index contributed by atoms with van der Waals surface area (Å²) >= 11 is 0. The number of fused-ring (bicyclic) bond motifs is 1. The first-order valence-electron chi connectivity index (χ1n) is 8.28. The van der Waals surface area contributed by atoms with Crippen LogP contribution in [0.3, 0.4) is 0 Å². The minimum Gasteiger partial charge on any atom is -0.482 e. The van der Waals surface area contributed by atoms with Crippen molar-refractivity contribution in [2.45, 2.75) is 18.7 Å². The molecule has 0 fully saturated rings. The number of aryl methyl sites for hydroxylation is 1. The molecule has 2 aromatic carbocycles. The Labute approximate surface area is 157 Å². The van der Waals surface area contributed by atoms with Crippen molar-refractivity contribution in [3.05, 3.63) is 47.5 Å². The molecule has 0 saturated carbocycles. The minimum absolute atomic E-state index is 0.0196. The zero-order valence-electron chi connectivity index (χ0n) is 14.8. The number of sulfonamides is 1. The van der Waals surface area contributed by atoms with Crippen LogP contribution in [0.2, 0.25) is 0 Å². The van der Waals surface area contributed by atoms with Crippen LogP contribution in [0.5, 0.6) is 5.75 Å². The molecule has 0 bridgehead atoms. The van der Waals surface area contributed by atoms with Gasteiger partial charge in [-0.2, -0.15) is 0 Å². The van der Waals surface area contributed by atoms with E-state index in [1.165, 1.54) is 12.1 Å². The molecule has 27 heavy (non-hydrogen) atoms. The van der Waals surface area contributed by atoms with Crippen LogP contribution in [-0.4, -0.2) is 33.4 Å². The van der Waals surface area contributed by atoms with Crippen molar-refractivity contribution >= 4 is 33.2 Å². The van der Waals surface area contributed by atoms with E-state index >= 15 is 0 Å². The Kier molecular flexibility index (Phi) is 5.15. The number of carbonyl (C=O) groups excluding carboxylic acids is 2. The van der Waals surface area contributed by atoms with Crippen LogP contribution >= 0.6 is 0 Å². The summed E-state index contributed by atoms with van der Waals surface area (Å²) in [6.07, 6.45) is 0. The van der Waals surface area contributed by atoms with Gasteiger partial charge in [0, 0.05) is 17.8 Å². The summed E-state index contributed by atoms with van der Waals surface area (Å²) < 4.78 is 32.0. The van der Waals surface area contributed by atoms with Crippen molar-refractivity contribution in [1.82, 2.24) is 4.72 Å². The number of hydrogen-bond donors (Lipinski definition) is 3. The zero-order valence-corrected chi connectivity index (χ0v) is 15.6. The summed E-state index contributed by atoms with van der Waals surface area (Å²) in [6, 6.07) is 9.24. The summed E-state index contributed by atoms with van der Waals surface area (Å²) in [5.74, 6) is -0.213. The van der Waals surface area contributed by atoms with Crippen LogP contribution in [0, 0.1) is 6.92 Å². The summed E-state index contributed by atoms with van der Waals surface area (Å²) in [6.45, 7) is 3.60. The Bertz CT molecular complexity index is 1020. The summed E-state index contributed by atoms with van der Waals surface area (Å²) in [5, 5.41) is 5.38. The van der Waals surface area contributed by atoms with Crippen LogP contribution in [0.25, 0.3) is 0 Å². The Morgan fingerprint density at radius 3 is 2.74 bits per heavy atom. The largest absolute Gasteiger partial charge is 0.482 e. The fraction of sp³-hybridized carbons (Fsp3) is 0.222. The molecule has 2 amide bonds. The molecule has 8 nitrogen and oxygen atoms in total. The van der Waals surface area contributed by atoms with E-state index in [4.69, 9.17) is 4.74 Å². The lowest BCUT2D eigenvalue weighted by Crippen LogP contribution is -2.25. The average molecular weight is 389 g/mol. The highest BCUT2D eigenvalue weighted by Gasteiger charge is 2.19. The van der Waals surface area contributed by atoms with E-state index in [0.717, 1.165) is 0 Å². The van der Waals surface area contributed by atoms with Gasteiger partial charge in [-0.15, -0.1) is 0 Å². The van der Waals surface area contributed by atoms with Gasteiger partial charge in [-0.25, -0.2) is 13.1 Å². The van der Waals surface area contributed by atoms with E-state index in [0.29, 0.717) is 22.7 Å². The topological polar surface area (TPSA) is 114 Å². The van der Waals surface area contributed by atoms with Crippen molar-refractivity contribution < 1.29 is 22.7 Å². The van der Waals surface area contributed by atoms with E-state index in [-0.39, 0.29) is 29.5 Å². The van der Waals surface area contributed by atoms with Gasteiger partial charge >= 0.3 is 0 Å². The molecule has 3 N–H and O–H groups in total. The van der Waals surface area contributed by atoms with Crippen LogP contribution in [0.1, 0.15) is 22.8 Å². The molecular weight excluding hydrogens is 370 g/mol. The van der Waals surface area contributed by atoms with Crippen LogP contribution in [0.15, 0.2) is 41.3 Å². The smallest absolute Gasteiger partial charge is 0.262 e. The van der Waals surface area contributed by atoms with E-state index in [2.05, 4.69) is 15.4 Å². The molecule has 0 spiro atoms. The fourth-order valence-electron chi connectivity index (χ4n) is 2.65. The molecule has 0 unspecified atom stereocenters. The Morgan fingerprint density at radius 1 is 1.22 bits per heavy atom. The van der Waals surface area contributed by atoms with Gasteiger partial charge in [0.05, 0.1) is 10.6 Å². The van der Waals surface area contributed by atoms with Gasteiger partial charge in [0.1, 0.15) is 5.75 Å². The number of benzene rings is 2. The molecule has 0 aromatic heterocycles. The normalized spacial score (nSPS) is 13.3. The van der Waals surface area contributed by atoms with Gasteiger partial charge < -0.3 is 15.4 Å². The lowest BCUT2D eigenvalue weighted by Gasteiger charge is -2.18. The van der Waals surface area contributed by atoms with Crippen molar-refractivity contribution in [1.29, 1.82) is 0 Å². The average Bonchev–Trinajstić information content (AvgIpc) is 2.61. The summed E-state index contributed by atoms with van der Waals surface area (Å²) in [7, 11) is -3.67. The number of hydrogen-bond acceptors (Lipinski definition) is 5. The van der Waals surface area contributed by atoms with Gasteiger partial charge in [-0.05, 0) is 42.8 Å². The first-order valence-corrected chi connectivity index (χ1v) is 9.77. The molecule has 1 heterocycles. The third-order valence-electron chi connectivity index (χ3n) is 3.97. The van der Waals surface area contributed by atoms with Gasteiger partial charge in [0.15, 0.2) is 6.61 Å². The number of amides is 2. The molecule has 3 rings (SSSR count). The lowest BCUT2D eigenvalue weighted by molar-refractivity contribution is -0.118. The molecule has 142 valence electrons. The zero-order chi connectivity index (χ0) is 19.6. The molecule has 0 radical (unpaired) electrons. The molecule has 1 aliphatic rings. The van der Waals surface area contributed by atoms with Crippen LogP contribution in [-0.2, 0) is 14.8 Å². The monoisotopic (exact) mass is 389 g/mol. The maximum absolute atomic E-state index is 12.7. The van der Waals surface area contributed by atoms with Crippen molar-refractivity contribution in [3.63, 3.8) is 0 Å². The van der Waals surface area contributed by atoms with Crippen molar-refractivity contribution in [2.24, 2.45) is 0 Å². The lowest BCUT2D eigenvalue weighted by atomic mass is 10.1. The van der Waals surface area contributed by atoms with Crippen molar-refractivity contribution in [3.8, 4) is 5.75 Å². The number of rotatable bonds is 5. The summed E-state index contributed by atoms with van der Waals surface area (Å²) in [4.78, 5) is 24.1. The second-order valence-electron chi connectivity index (χ2n) is 5.98. The first-order chi connectivity index (χ1) is 12.8. The second kappa shape index (κ2) is 7.37. The molecule has 9 heteroatoms. The minimum atomic E-state index is -3.67. The molecule has 0 aliphatic carbocycles. The highest BCUT2D eigenvalue weighted by Crippen LogP contribution is 2.30. The maximum Gasteiger partial charge on any atom is 0.262 e. The predicted molar refractivity (Wildman–Crippen MR) is 101 cm³/mol. The summed E-state index contributed by atoms with van der Waals surface area (Å²) in [5.41, 5.74) is 1.79. The van der Waals surface area contributed by atoms with Gasteiger partial charge in [-0.1, -0.05) is 13.0 Å². The van der Waals surface area contributed by atoms with Crippen LogP contribution < -0.4 is 20.1 Å². The van der Waals surface area contributed by atoms with Crippen molar-refractivity contribution in [2.75, 3.05) is 23.8 Å². The Balaban J connectivity index is 1.86. The van der Waals surface area contributed by atoms with E-state index < -0.39 is 15.9 Å². The quantitative estimate of drug-likeness (QED) is 0.722. The second-order valence-corrected chi connectivity index (χ2v) is 7.75. The third-order valence-corrected chi connectivity index (χ3v) is 5.51. The third kappa shape index (κ3) is 4.09. The number of carbonyl (C=O) groups is 2. The molecule has 0 saturated heterocycles. The predicted octanol–water partition coefficient (Wildman–Crippen LogP) is 1.88. The fourth-order valence-corrected chi connectivity index (χ4v) is 3.71. The van der Waals surface area contributed by atoms with E-state index in [1.807, 2.05) is 0 Å². The highest BCUT2D eigenvalue weighted by atomic mass is 32.2. The van der Waals surface area contributed by atoms with Gasteiger partial charge in [-0.3, -0.25) is 9.59 Å². The van der Waals surface area contributed by atoms with Gasteiger partial charge in [0.2, 0.25) is 10.0 Å². The van der Waals surface area contributed by atoms with E-state index in [9.17, 15) is 18.0 Å². The van der Waals surface area contributed by atoms with Gasteiger partial charge in [0.25, 0.3) is 11.8 Å². The number of anilines is 2. The number of ether oxygens (including phenoxy) is 1. The Hall–Kier alpha value is -2.91. The standard InChI is InChI=1S/C18H19N3O5S/c1-3-19-27(24,25)13-6-4-11(2)14(9-13)18(23)20-12-5-7-16-15(8-12)21-17(22)10-26-16/h4-9,19H,3,10H2,1-2H3,(H,20,23)(H,21,22). The first kappa shape index (κ1) is 18.9. The number of nitrogens with one attached hydrogen (secondary N) is 3. The molecule has 0 atom stereocenters. The highest BCUT2D eigenvalue weighted by molar-refractivity contribution is 7.89. The molecular formula is C18H19N3O5S. The molecule has 1 aliphatic heterocycles. The maximum atomic E-state index is 12.7. The SMILES string of the molecule is CCNS(=O)(=O)c1ccc(C)c(C(=O)Nc2ccc3c(c2)NC(=O)CO3)c1. The molecule has 2 aromatic rings. The van der Waals surface area contributed by atoms with E-state index in [1.54, 1.807) is 38.1 Å². The Morgan fingerprint density at radius 2 is 2.00 bits per heavy atom.